The number of piperazine rings is 1. The van der Waals surface area contributed by atoms with Crippen LogP contribution in [0.4, 0.5) is 10.5 Å². The topological polar surface area (TPSA) is 81.8 Å². The first-order chi connectivity index (χ1) is 18.3. The predicted octanol–water partition coefficient (Wildman–Crippen LogP) is 6.15. The fraction of sp³-hybridized carbons (Fsp3) is 0.483. The van der Waals surface area contributed by atoms with Gasteiger partial charge in [-0.05, 0) is 37.1 Å². The lowest BCUT2D eigenvalue weighted by atomic mass is 10.0. The maximum absolute atomic E-state index is 13.6. The van der Waals surface area contributed by atoms with Crippen molar-refractivity contribution >= 4 is 46.7 Å². The highest BCUT2D eigenvalue weighted by Crippen LogP contribution is 2.25. The van der Waals surface area contributed by atoms with Crippen LogP contribution in [0, 0.1) is 0 Å². The Balaban J connectivity index is 1.62. The van der Waals surface area contributed by atoms with Gasteiger partial charge >= 0.3 is 6.03 Å². The number of rotatable bonds is 11. The molecule has 1 saturated heterocycles. The zero-order chi connectivity index (χ0) is 27.5. The third kappa shape index (κ3) is 8.91. The molecule has 2 aromatic carbocycles. The Morgan fingerprint density at radius 2 is 1.74 bits per heavy atom. The minimum Gasteiger partial charge on any atom is -0.337 e. The molecule has 2 atom stereocenters. The molecule has 9 heteroatoms. The molecule has 1 heterocycles. The van der Waals surface area contributed by atoms with Crippen molar-refractivity contribution in [2.45, 2.75) is 70.9 Å². The molecule has 7 nitrogen and oxygen atoms in total. The Labute approximate surface area is 235 Å². The highest BCUT2D eigenvalue weighted by atomic mass is 35.5. The Kier molecular flexibility index (Phi) is 11.7. The van der Waals surface area contributed by atoms with Crippen molar-refractivity contribution in [3.63, 3.8) is 0 Å². The Morgan fingerprint density at radius 1 is 1.00 bits per heavy atom. The van der Waals surface area contributed by atoms with Crippen molar-refractivity contribution in [2.24, 2.45) is 0 Å². The zero-order valence-corrected chi connectivity index (χ0v) is 23.7. The summed E-state index contributed by atoms with van der Waals surface area (Å²) in [7, 11) is 0. The maximum atomic E-state index is 13.6. The van der Waals surface area contributed by atoms with E-state index in [2.05, 4.69) is 17.6 Å². The number of benzene rings is 2. The quantitative estimate of drug-likeness (QED) is 0.323. The molecular formula is C29H38Cl2N4O3. The third-order valence-electron chi connectivity index (χ3n) is 6.82. The van der Waals surface area contributed by atoms with Gasteiger partial charge in [0.1, 0.15) is 6.04 Å². The first kappa shape index (κ1) is 29.8. The summed E-state index contributed by atoms with van der Waals surface area (Å²) in [5, 5.41) is 6.31. The normalized spacial score (nSPS) is 16.2. The van der Waals surface area contributed by atoms with Gasteiger partial charge in [-0.15, -0.1) is 0 Å². The second-order valence-corrected chi connectivity index (χ2v) is 10.7. The Morgan fingerprint density at radius 3 is 2.42 bits per heavy atom. The van der Waals surface area contributed by atoms with E-state index in [9.17, 15) is 14.4 Å². The largest absolute Gasteiger partial charge is 0.337 e. The van der Waals surface area contributed by atoms with Crippen molar-refractivity contribution in [3.05, 3.63) is 64.1 Å². The molecule has 0 aromatic heterocycles. The third-order valence-corrected chi connectivity index (χ3v) is 7.37. The smallest absolute Gasteiger partial charge is 0.319 e. The highest BCUT2D eigenvalue weighted by molar-refractivity contribution is 6.36. The van der Waals surface area contributed by atoms with Gasteiger partial charge in [0, 0.05) is 43.5 Å². The van der Waals surface area contributed by atoms with Gasteiger partial charge in [-0.2, -0.15) is 0 Å². The van der Waals surface area contributed by atoms with Crippen molar-refractivity contribution in [1.29, 1.82) is 0 Å². The minimum atomic E-state index is -0.781. The molecule has 1 fully saturated rings. The number of amides is 4. The molecule has 2 N–H and O–H groups in total. The number of unbranched alkanes of at least 4 members (excludes halogenated alkanes) is 4. The summed E-state index contributed by atoms with van der Waals surface area (Å²) in [5.74, 6) is -0.0241. The van der Waals surface area contributed by atoms with Gasteiger partial charge in [0.25, 0.3) is 0 Å². The lowest BCUT2D eigenvalue weighted by molar-refractivity contribution is -0.143. The summed E-state index contributed by atoms with van der Waals surface area (Å²) in [6.45, 7) is 5.50. The number of carbonyl (C=O) groups is 3. The standard InChI is InChI=1S/C29H38Cl2N4O3/c1-3-4-5-6-10-13-27(36)35-17-16-34(20-21(35)2)28(37)26(18-22-11-8-7-9-12-22)33-29(38)32-25-15-14-23(30)19-24(25)31/h7-9,11-12,14-15,19,21,26H,3-6,10,13,16-18,20H2,1-2H3,(H2,32,33,38). The molecule has 0 bridgehead atoms. The Hall–Kier alpha value is -2.77. The van der Waals surface area contributed by atoms with Crippen LogP contribution in [0.15, 0.2) is 48.5 Å². The lowest BCUT2D eigenvalue weighted by Gasteiger charge is -2.41. The molecule has 0 saturated carbocycles. The molecule has 1 aliphatic heterocycles. The van der Waals surface area contributed by atoms with Crippen LogP contribution >= 0.6 is 23.2 Å². The number of carbonyl (C=O) groups excluding carboxylic acids is 3. The first-order valence-corrected chi connectivity index (χ1v) is 14.2. The fourth-order valence-corrected chi connectivity index (χ4v) is 5.19. The summed E-state index contributed by atoms with van der Waals surface area (Å²) in [4.78, 5) is 42.9. The molecule has 4 amide bonds. The number of hydrogen-bond donors (Lipinski definition) is 2. The molecule has 3 rings (SSSR count). The van der Waals surface area contributed by atoms with Crippen LogP contribution in [-0.2, 0) is 16.0 Å². The van der Waals surface area contributed by atoms with Crippen LogP contribution in [0.25, 0.3) is 0 Å². The van der Waals surface area contributed by atoms with Crippen molar-refractivity contribution in [2.75, 3.05) is 25.0 Å². The van der Waals surface area contributed by atoms with Crippen molar-refractivity contribution < 1.29 is 14.4 Å². The van der Waals surface area contributed by atoms with Crippen LogP contribution in [0.1, 0.15) is 57.9 Å². The first-order valence-electron chi connectivity index (χ1n) is 13.4. The molecule has 1 aliphatic rings. The Bertz CT molecular complexity index is 1080. The van der Waals surface area contributed by atoms with E-state index in [1.807, 2.05) is 42.2 Å². The van der Waals surface area contributed by atoms with Gasteiger partial charge in [-0.1, -0.05) is 86.1 Å². The zero-order valence-electron chi connectivity index (χ0n) is 22.2. The highest BCUT2D eigenvalue weighted by Gasteiger charge is 2.33. The number of nitrogens with one attached hydrogen (secondary N) is 2. The molecule has 206 valence electrons. The van der Waals surface area contributed by atoms with Gasteiger partial charge in [-0.3, -0.25) is 9.59 Å². The van der Waals surface area contributed by atoms with Crippen LogP contribution in [0.2, 0.25) is 10.0 Å². The predicted molar refractivity (Wildman–Crippen MR) is 154 cm³/mol. The van der Waals surface area contributed by atoms with Crippen LogP contribution in [0.3, 0.4) is 0 Å². The van der Waals surface area contributed by atoms with Crippen LogP contribution in [0.5, 0.6) is 0 Å². The van der Waals surface area contributed by atoms with Gasteiger partial charge in [0.2, 0.25) is 11.8 Å². The van der Waals surface area contributed by atoms with Gasteiger partial charge in [-0.25, -0.2) is 4.79 Å². The molecular weight excluding hydrogens is 523 g/mol. The van der Waals surface area contributed by atoms with E-state index in [1.165, 1.54) is 12.8 Å². The van der Waals surface area contributed by atoms with E-state index in [4.69, 9.17) is 23.2 Å². The number of anilines is 1. The summed E-state index contributed by atoms with van der Waals surface area (Å²) in [6, 6.07) is 12.9. The summed E-state index contributed by atoms with van der Waals surface area (Å²) < 4.78 is 0. The summed E-state index contributed by atoms with van der Waals surface area (Å²) in [5.41, 5.74) is 1.33. The average molecular weight is 562 g/mol. The maximum Gasteiger partial charge on any atom is 0.319 e. The minimum absolute atomic E-state index is 0.0880. The fourth-order valence-electron chi connectivity index (χ4n) is 4.73. The molecule has 0 radical (unpaired) electrons. The van der Waals surface area contributed by atoms with E-state index in [0.717, 1.165) is 24.8 Å². The number of urea groups is 1. The van der Waals surface area contributed by atoms with Gasteiger partial charge in [0.15, 0.2) is 0 Å². The van der Waals surface area contributed by atoms with E-state index in [1.54, 1.807) is 23.1 Å². The summed E-state index contributed by atoms with van der Waals surface area (Å²) in [6.07, 6.45) is 6.41. The SMILES string of the molecule is CCCCCCCC(=O)N1CCN(C(=O)C(Cc2ccccc2)NC(=O)Nc2ccc(Cl)cc2Cl)CC1C. The van der Waals surface area contributed by atoms with Crippen molar-refractivity contribution in [3.8, 4) is 0 Å². The number of hydrogen-bond acceptors (Lipinski definition) is 3. The lowest BCUT2D eigenvalue weighted by Crippen LogP contribution is -2.59. The van der Waals surface area contributed by atoms with Gasteiger partial charge < -0.3 is 20.4 Å². The van der Waals surface area contributed by atoms with E-state index >= 15 is 0 Å². The van der Waals surface area contributed by atoms with E-state index < -0.39 is 12.1 Å². The van der Waals surface area contributed by atoms with Gasteiger partial charge in [0.05, 0.1) is 10.7 Å². The van der Waals surface area contributed by atoms with Crippen LogP contribution in [-0.4, -0.2) is 59.4 Å². The van der Waals surface area contributed by atoms with Crippen molar-refractivity contribution in [1.82, 2.24) is 15.1 Å². The second-order valence-electron chi connectivity index (χ2n) is 9.85. The number of halogens is 2. The monoisotopic (exact) mass is 560 g/mol. The van der Waals surface area contributed by atoms with E-state index in [-0.39, 0.29) is 17.9 Å². The molecule has 0 aliphatic carbocycles. The average Bonchev–Trinajstić information content (AvgIpc) is 2.90. The van der Waals surface area contributed by atoms with E-state index in [0.29, 0.717) is 48.2 Å². The molecule has 38 heavy (non-hydrogen) atoms. The second kappa shape index (κ2) is 15.0. The summed E-state index contributed by atoms with van der Waals surface area (Å²) >= 11 is 12.2. The molecule has 2 unspecified atom stereocenters. The molecule has 0 spiro atoms. The molecule has 2 aromatic rings. The number of nitrogens with zero attached hydrogens (tertiary/aromatic N) is 2. The van der Waals surface area contributed by atoms with Crippen LogP contribution < -0.4 is 10.6 Å².